The molecule has 30 heavy (non-hydrogen) atoms. The van der Waals surface area contributed by atoms with E-state index < -0.39 is 17.7 Å². The van der Waals surface area contributed by atoms with Crippen molar-refractivity contribution >= 4 is 35.0 Å². The van der Waals surface area contributed by atoms with Crippen molar-refractivity contribution in [2.75, 3.05) is 10.6 Å². The maximum Gasteiger partial charge on any atom is 0.350 e. The standard InChI is InChI=1S/C22H20N2O6/c1-13(25)14-6-4-9-17(10-14)24-19(26)15-7-5-8-16(11-15)23-12-18-20(27)29-22(2,3)30-21(18)28/h4-12,23H,1-3H3,(H,24,26). The third kappa shape index (κ3) is 4.91. The molecular weight excluding hydrogens is 388 g/mol. The molecule has 0 bridgehead atoms. The molecule has 0 atom stereocenters. The van der Waals surface area contributed by atoms with E-state index >= 15 is 0 Å². The zero-order valence-corrected chi connectivity index (χ0v) is 16.6. The molecular formula is C22H20N2O6. The number of carbonyl (C=O) groups excluding carboxylic acids is 4. The van der Waals surface area contributed by atoms with E-state index in [1.165, 1.54) is 27.0 Å². The first-order chi connectivity index (χ1) is 14.1. The number of amides is 1. The number of esters is 2. The first kappa shape index (κ1) is 20.8. The topological polar surface area (TPSA) is 111 Å². The average molecular weight is 408 g/mol. The van der Waals surface area contributed by atoms with Crippen molar-refractivity contribution in [1.29, 1.82) is 0 Å². The number of nitrogens with one attached hydrogen (secondary N) is 2. The van der Waals surface area contributed by atoms with E-state index in [1.807, 2.05) is 0 Å². The Morgan fingerprint density at radius 2 is 1.47 bits per heavy atom. The number of ether oxygens (including phenoxy) is 2. The molecule has 0 radical (unpaired) electrons. The number of anilines is 2. The van der Waals surface area contributed by atoms with Gasteiger partial charge in [0.15, 0.2) is 11.4 Å². The summed E-state index contributed by atoms with van der Waals surface area (Å²) >= 11 is 0. The number of carbonyl (C=O) groups is 4. The van der Waals surface area contributed by atoms with Gasteiger partial charge in [-0.05, 0) is 37.3 Å². The van der Waals surface area contributed by atoms with E-state index in [2.05, 4.69) is 10.6 Å². The van der Waals surface area contributed by atoms with E-state index in [0.29, 0.717) is 22.5 Å². The summed E-state index contributed by atoms with van der Waals surface area (Å²) in [7, 11) is 0. The number of ketones is 1. The Bertz CT molecular complexity index is 1050. The van der Waals surface area contributed by atoms with E-state index in [0.717, 1.165) is 0 Å². The van der Waals surface area contributed by atoms with Crippen molar-refractivity contribution in [3.8, 4) is 0 Å². The van der Waals surface area contributed by atoms with Gasteiger partial charge in [-0.25, -0.2) is 9.59 Å². The van der Waals surface area contributed by atoms with Crippen LogP contribution in [-0.2, 0) is 19.1 Å². The lowest BCUT2D eigenvalue weighted by Gasteiger charge is -2.29. The van der Waals surface area contributed by atoms with Crippen LogP contribution in [0.2, 0.25) is 0 Å². The molecule has 0 aliphatic carbocycles. The van der Waals surface area contributed by atoms with Gasteiger partial charge in [0.05, 0.1) is 0 Å². The predicted molar refractivity (Wildman–Crippen MR) is 109 cm³/mol. The van der Waals surface area contributed by atoms with Crippen LogP contribution in [0.4, 0.5) is 11.4 Å². The fourth-order valence-corrected chi connectivity index (χ4v) is 2.70. The molecule has 1 aliphatic rings. The largest absolute Gasteiger partial charge is 0.419 e. The molecule has 0 spiro atoms. The molecule has 8 heteroatoms. The second-order valence-electron chi connectivity index (χ2n) is 7.05. The summed E-state index contributed by atoms with van der Waals surface area (Å²) in [5.41, 5.74) is 1.50. The molecule has 1 amide bonds. The highest BCUT2D eigenvalue weighted by atomic mass is 16.7. The summed E-state index contributed by atoms with van der Waals surface area (Å²) in [4.78, 5) is 48.0. The summed E-state index contributed by atoms with van der Waals surface area (Å²) in [5, 5.41) is 5.52. The Morgan fingerprint density at radius 1 is 0.900 bits per heavy atom. The van der Waals surface area contributed by atoms with Crippen molar-refractivity contribution in [3.05, 3.63) is 71.4 Å². The first-order valence-electron chi connectivity index (χ1n) is 9.10. The summed E-state index contributed by atoms with van der Waals surface area (Å²) in [6, 6.07) is 13.1. The van der Waals surface area contributed by atoms with Gasteiger partial charge in [-0.2, -0.15) is 0 Å². The monoisotopic (exact) mass is 408 g/mol. The van der Waals surface area contributed by atoms with Crippen LogP contribution in [0.1, 0.15) is 41.5 Å². The van der Waals surface area contributed by atoms with Gasteiger partial charge in [0.1, 0.15) is 0 Å². The highest BCUT2D eigenvalue weighted by molar-refractivity contribution is 6.15. The van der Waals surface area contributed by atoms with Gasteiger partial charge in [-0.1, -0.05) is 18.2 Å². The van der Waals surface area contributed by atoms with Crippen molar-refractivity contribution in [2.24, 2.45) is 0 Å². The van der Waals surface area contributed by atoms with Gasteiger partial charge in [-0.15, -0.1) is 0 Å². The first-order valence-corrected chi connectivity index (χ1v) is 9.10. The maximum absolute atomic E-state index is 12.5. The van der Waals surface area contributed by atoms with Crippen molar-refractivity contribution in [3.63, 3.8) is 0 Å². The Balaban J connectivity index is 1.72. The minimum absolute atomic E-state index is 0.103. The van der Waals surface area contributed by atoms with Gasteiger partial charge in [0, 0.05) is 42.5 Å². The quantitative estimate of drug-likeness (QED) is 0.338. The molecule has 2 aromatic rings. The molecule has 1 saturated heterocycles. The number of Topliss-reactive ketones (excluding diaryl/α,β-unsaturated/α-hetero) is 1. The predicted octanol–water partition coefficient (Wildman–Crippen LogP) is 3.27. The van der Waals surface area contributed by atoms with Gasteiger partial charge >= 0.3 is 11.9 Å². The highest BCUT2D eigenvalue weighted by Gasteiger charge is 2.38. The van der Waals surface area contributed by atoms with E-state index in [-0.39, 0.29) is 17.3 Å². The van der Waals surface area contributed by atoms with Crippen LogP contribution in [-0.4, -0.2) is 29.4 Å². The summed E-state index contributed by atoms with van der Waals surface area (Å²) in [6.45, 7) is 4.37. The highest BCUT2D eigenvalue weighted by Crippen LogP contribution is 2.23. The summed E-state index contributed by atoms with van der Waals surface area (Å²) < 4.78 is 10.0. The number of hydrogen-bond acceptors (Lipinski definition) is 7. The zero-order chi connectivity index (χ0) is 21.9. The molecule has 2 N–H and O–H groups in total. The van der Waals surface area contributed by atoms with Crippen LogP contribution >= 0.6 is 0 Å². The lowest BCUT2D eigenvalue weighted by atomic mass is 10.1. The fraction of sp³-hybridized carbons (Fsp3) is 0.182. The Kier molecular flexibility index (Phi) is 5.68. The average Bonchev–Trinajstić information content (AvgIpc) is 2.67. The Hall–Kier alpha value is -3.94. The second-order valence-corrected chi connectivity index (χ2v) is 7.05. The fourth-order valence-electron chi connectivity index (χ4n) is 2.70. The summed E-state index contributed by atoms with van der Waals surface area (Å²) in [5.74, 6) is -3.41. The Morgan fingerprint density at radius 3 is 2.10 bits per heavy atom. The maximum atomic E-state index is 12.5. The SMILES string of the molecule is CC(=O)c1cccc(NC(=O)c2cccc(NC=C3C(=O)OC(C)(C)OC3=O)c2)c1. The molecule has 1 heterocycles. The van der Waals surface area contributed by atoms with Crippen molar-refractivity contribution < 1.29 is 28.7 Å². The third-order valence-corrected chi connectivity index (χ3v) is 4.15. The number of hydrogen-bond donors (Lipinski definition) is 2. The molecule has 0 aromatic heterocycles. The van der Waals surface area contributed by atoms with Gasteiger partial charge < -0.3 is 20.1 Å². The normalized spacial score (nSPS) is 15.0. The number of cyclic esters (lactones) is 2. The third-order valence-electron chi connectivity index (χ3n) is 4.15. The molecule has 0 unspecified atom stereocenters. The molecule has 0 saturated carbocycles. The molecule has 8 nitrogen and oxygen atoms in total. The van der Waals surface area contributed by atoms with Crippen LogP contribution < -0.4 is 10.6 Å². The lowest BCUT2D eigenvalue weighted by Crippen LogP contribution is -2.42. The molecule has 2 aromatic carbocycles. The van der Waals surface area contributed by atoms with Gasteiger partial charge in [0.2, 0.25) is 0 Å². The van der Waals surface area contributed by atoms with E-state index in [9.17, 15) is 19.2 Å². The van der Waals surface area contributed by atoms with Crippen molar-refractivity contribution in [1.82, 2.24) is 0 Å². The Labute approximate surface area is 172 Å². The zero-order valence-electron chi connectivity index (χ0n) is 16.6. The molecule has 1 fully saturated rings. The van der Waals surface area contributed by atoms with Crippen LogP contribution in [0, 0.1) is 0 Å². The number of benzene rings is 2. The molecule has 154 valence electrons. The van der Waals surface area contributed by atoms with Crippen LogP contribution in [0.3, 0.4) is 0 Å². The smallest absolute Gasteiger partial charge is 0.350 e. The van der Waals surface area contributed by atoms with E-state index in [4.69, 9.17) is 9.47 Å². The second kappa shape index (κ2) is 8.20. The van der Waals surface area contributed by atoms with E-state index in [1.54, 1.807) is 48.5 Å². The van der Waals surface area contributed by atoms with Crippen LogP contribution in [0.5, 0.6) is 0 Å². The number of rotatable bonds is 5. The van der Waals surface area contributed by atoms with Gasteiger partial charge in [-0.3, -0.25) is 9.59 Å². The molecule has 3 rings (SSSR count). The van der Waals surface area contributed by atoms with Gasteiger partial charge in [0.25, 0.3) is 11.7 Å². The summed E-state index contributed by atoms with van der Waals surface area (Å²) in [6.07, 6.45) is 1.17. The van der Waals surface area contributed by atoms with Crippen molar-refractivity contribution in [2.45, 2.75) is 26.6 Å². The van der Waals surface area contributed by atoms with Crippen LogP contribution in [0.15, 0.2) is 60.3 Å². The molecule has 1 aliphatic heterocycles. The minimum Gasteiger partial charge on any atom is -0.419 e. The van der Waals surface area contributed by atoms with Crippen LogP contribution in [0.25, 0.3) is 0 Å². The lowest BCUT2D eigenvalue weighted by molar-refractivity contribution is -0.222. The minimum atomic E-state index is -1.32.